The predicted octanol–water partition coefficient (Wildman–Crippen LogP) is 3.38. The summed E-state index contributed by atoms with van der Waals surface area (Å²) in [5, 5.41) is 0. The summed E-state index contributed by atoms with van der Waals surface area (Å²) in [6.07, 6.45) is 8.16. The summed E-state index contributed by atoms with van der Waals surface area (Å²) in [6.45, 7) is 6.95. The van der Waals surface area contributed by atoms with Crippen LogP contribution in [0, 0.1) is 17.8 Å². The van der Waals surface area contributed by atoms with E-state index in [9.17, 15) is 4.79 Å². The smallest absolute Gasteiger partial charge is 0.159 e. The van der Waals surface area contributed by atoms with Gasteiger partial charge in [0, 0.05) is 30.3 Å². The summed E-state index contributed by atoms with van der Waals surface area (Å²) in [5.41, 5.74) is 1.34. The molecule has 5 atom stereocenters. The van der Waals surface area contributed by atoms with E-state index in [1.165, 1.54) is 31.4 Å². The Hall–Kier alpha value is -0.790. The molecule has 2 aliphatic heterocycles. The van der Waals surface area contributed by atoms with Gasteiger partial charge in [0.1, 0.15) is 0 Å². The molecule has 100 valence electrons. The predicted molar refractivity (Wildman–Crippen MR) is 73.1 cm³/mol. The number of carbonyl (C=O) groups excluding carboxylic acids is 1. The van der Waals surface area contributed by atoms with Crippen molar-refractivity contribution < 1.29 is 4.79 Å². The minimum Gasteiger partial charge on any atom is -0.368 e. The van der Waals surface area contributed by atoms with E-state index < -0.39 is 0 Å². The van der Waals surface area contributed by atoms with Crippen molar-refractivity contribution in [3.8, 4) is 0 Å². The molecule has 2 heteroatoms. The molecular formula is C16H25NO. The maximum atomic E-state index is 11.8. The van der Waals surface area contributed by atoms with E-state index >= 15 is 0 Å². The van der Waals surface area contributed by atoms with E-state index in [-0.39, 0.29) is 0 Å². The number of fused-ring (bicyclic) bond motifs is 3. The van der Waals surface area contributed by atoms with E-state index in [4.69, 9.17) is 0 Å². The largest absolute Gasteiger partial charge is 0.368 e. The number of allylic oxidation sites excluding steroid dienone is 2. The first-order valence-corrected chi connectivity index (χ1v) is 7.62. The fraction of sp³-hybridized carbons (Fsp3) is 0.812. The number of carbonyl (C=O) groups is 1. The van der Waals surface area contributed by atoms with Crippen LogP contribution in [0.15, 0.2) is 11.8 Å². The first kappa shape index (κ1) is 12.3. The van der Waals surface area contributed by atoms with Gasteiger partial charge in [0.05, 0.1) is 0 Å². The highest BCUT2D eigenvalue weighted by Crippen LogP contribution is 2.47. The maximum Gasteiger partial charge on any atom is 0.159 e. The summed E-state index contributed by atoms with van der Waals surface area (Å²) >= 11 is 0. The highest BCUT2D eigenvalue weighted by Gasteiger charge is 2.46. The molecule has 1 saturated carbocycles. The summed E-state index contributed by atoms with van der Waals surface area (Å²) in [4.78, 5) is 14.5. The van der Waals surface area contributed by atoms with Crippen LogP contribution in [-0.2, 0) is 4.79 Å². The molecule has 0 radical (unpaired) electrons. The van der Waals surface area contributed by atoms with Crippen molar-refractivity contribution in [3.63, 3.8) is 0 Å². The van der Waals surface area contributed by atoms with E-state index in [1.54, 1.807) is 0 Å². The fourth-order valence-electron chi connectivity index (χ4n) is 4.57. The molecule has 18 heavy (non-hydrogen) atoms. The van der Waals surface area contributed by atoms with Crippen molar-refractivity contribution >= 4 is 5.78 Å². The van der Waals surface area contributed by atoms with Crippen LogP contribution in [0.3, 0.4) is 0 Å². The van der Waals surface area contributed by atoms with Crippen LogP contribution in [0.5, 0.6) is 0 Å². The second-order valence-electron chi connectivity index (χ2n) is 6.66. The molecule has 2 nitrogen and oxygen atoms in total. The molecule has 3 aliphatic rings. The lowest BCUT2D eigenvalue weighted by Crippen LogP contribution is -2.56. The van der Waals surface area contributed by atoms with Crippen LogP contribution in [0.4, 0.5) is 0 Å². The molecule has 0 aromatic heterocycles. The van der Waals surface area contributed by atoms with E-state index in [0.29, 0.717) is 30.2 Å². The zero-order valence-corrected chi connectivity index (χ0v) is 11.9. The molecule has 2 fully saturated rings. The second kappa shape index (κ2) is 4.40. The molecular weight excluding hydrogens is 222 g/mol. The average Bonchev–Trinajstić information content (AvgIpc) is 2.35. The van der Waals surface area contributed by atoms with Gasteiger partial charge >= 0.3 is 0 Å². The molecule has 0 N–H and O–H groups in total. The Bertz CT molecular complexity index is 387. The number of nitrogens with zero attached hydrogens (tertiary/aromatic N) is 1. The minimum absolute atomic E-state index is 0.335. The number of piperidine rings is 1. The van der Waals surface area contributed by atoms with Gasteiger partial charge in [-0.25, -0.2) is 0 Å². The van der Waals surface area contributed by atoms with E-state index in [2.05, 4.69) is 25.7 Å². The van der Waals surface area contributed by atoms with Crippen LogP contribution in [-0.4, -0.2) is 22.8 Å². The van der Waals surface area contributed by atoms with Gasteiger partial charge in [-0.15, -0.1) is 0 Å². The van der Waals surface area contributed by atoms with Crippen molar-refractivity contribution in [3.05, 3.63) is 11.8 Å². The molecule has 2 heterocycles. The van der Waals surface area contributed by atoms with Gasteiger partial charge in [-0.2, -0.15) is 0 Å². The van der Waals surface area contributed by atoms with Gasteiger partial charge in [0.25, 0.3) is 0 Å². The van der Waals surface area contributed by atoms with Gasteiger partial charge in [0.15, 0.2) is 5.78 Å². The first-order valence-electron chi connectivity index (χ1n) is 7.62. The summed E-state index contributed by atoms with van der Waals surface area (Å²) in [7, 11) is 0. The van der Waals surface area contributed by atoms with Crippen molar-refractivity contribution in [2.75, 3.05) is 0 Å². The summed E-state index contributed by atoms with van der Waals surface area (Å²) < 4.78 is 0. The molecule has 0 spiro atoms. The number of ketones is 1. The van der Waals surface area contributed by atoms with Crippen molar-refractivity contribution in [2.45, 2.75) is 65.0 Å². The third kappa shape index (κ3) is 1.72. The topological polar surface area (TPSA) is 20.3 Å². The maximum absolute atomic E-state index is 11.8. The van der Waals surface area contributed by atoms with Crippen LogP contribution >= 0.6 is 0 Å². The van der Waals surface area contributed by atoms with Gasteiger partial charge in [-0.3, -0.25) is 4.79 Å². The molecule has 0 bridgehead atoms. The molecule has 0 aromatic carbocycles. The summed E-state index contributed by atoms with van der Waals surface area (Å²) in [5.74, 6) is 2.47. The first-order chi connectivity index (χ1) is 8.59. The van der Waals surface area contributed by atoms with Crippen molar-refractivity contribution in [1.82, 2.24) is 4.90 Å². The highest BCUT2D eigenvalue weighted by molar-refractivity contribution is 5.91. The summed E-state index contributed by atoms with van der Waals surface area (Å²) in [6, 6.07) is 1.12. The molecule has 0 amide bonds. The number of hydrogen-bond donors (Lipinski definition) is 0. The Morgan fingerprint density at radius 1 is 1.17 bits per heavy atom. The molecule has 1 saturated heterocycles. The van der Waals surface area contributed by atoms with Gasteiger partial charge in [-0.05, 0) is 37.5 Å². The Labute approximate surface area is 110 Å². The van der Waals surface area contributed by atoms with E-state index in [0.717, 1.165) is 11.8 Å². The number of hydrogen-bond acceptors (Lipinski definition) is 2. The Balaban J connectivity index is 1.99. The highest BCUT2D eigenvalue weighted by atomic mass is 16.1. The SMILES string of the molecule is CC1C2=CC(=O)CC(C)N2C2CCCCC2C1C. The van der Waals surface area contributed by atoms with Crippen LogP contribution < -0.4 is 0 Å². The Kier molecular flexibility index (Phi) is 2.99. The standard InChI is InChI=1S/C16H25NO/c1-10-8-13(18)9-16-12(3)11(2)14-6-4-5-7-15(14)17(10)16/h9-12,14-15H,4-8H2,1-3H3. The van der Waals surface area contributed by atoms with Gasteiger partial charge < -0.3 is 4.90 Å². The lowest BCUT2D eigenvalue weighted by molar-refractivity contribution is -0.118. The van der Waals surface area contributed by atoms with Gasteiger partial charge in [0.2, 0.25) is 0 Å². The van der Waals surface area contributed by atoms with E-state index in [1.807, 2.05) is 6.08 Å². The van der Waals surface area contributed by atoms with Crippen LogP contribution in [0.2, 0.25) is 0 Å². The molecule has 1 aliphatic carbocycles. The molecule has 5 unspecified atom stereocenters. The average molecular weight is 247 g/mol. The van der Waals surface area contributed by atoms with Crippen molar-refractivity contribution in [1.29, 1.82) is 0 Å². The van der Waals surface area contributed by atoms with Crippen LogP contribution in [0.25, 0.3) is 0 Å². The molecule has 0 aromatic rings. The van der Waals surface area contributed by atoms with Gasteiger partial charge in [-0.1, -0.05) is 26.7 Å². The molecule has 3 rings (SSSR count). The lowest BCUT2D eigenvalue weighted by Gasteiger charge is -2.55. The zero-order chi connectivity index (χ0) is 12.9. The zero-order valence-electron chi connectivity index (χ0n) is 11.9. The number of rotatable bonds is 0. The Morgan fingerprint density at radius 2 is 1.89 bits per heavy atom. The minimum atomic E-state index is 0.335. The monoisotopic (exact) mass is 247 g/mol. The second-order valence-corrected chi connectivity index (χ2v) is 6.66. The van der Waals surface area contributed by atoms with Crippen molar-refractivity contribution in [2.24, 2.45) is 17.8 Å². The third-order valence-corrected chi connectivity index (χ3v) is 5.65. The fourth-order valence-corrected chi connectivity index (χ4v) is 4.57. The Morgan fingerprint density at radius 3 is 2.67 bits per heavy atom. The lowest BCUT2D eigenvalue weighted by atomic mass is 9.66. The normalized spacial score (nSPS) is 44.2. The third-order valence-electron chi connectivity index (χ3n) is 5.65. The quantitative estimate of drug-likeness (QED) is 0.654. The van der Waals surface area contributed by atoms with Crippen LogP contribution in [0.1, 0.15) is 52.9 Å².